The molecule has 0 aliphatic rings. The van der Waals surface area contributed by atoms with Crippen molar-refractivity contribution in [3.8, 4) is 0 Å². The number of aromatic nitrogens is 2. The van der Waals surface area contributed by atoms with Crippen LogP contribution in [0, 0.1) is 5.92 Å². The number of hydrogen-bond donors (Lipinski definition) is 1. The van der Waals surface area contributed by atoms with Gasteiger partial charge in [-0.25, -0.2) is 4.98 Å². The fraction of sp³-hybridized carbons (Fsp3) is 0.500. The molecule has 0 spiro atoms. The quantitative estimate of drug-likeness (QED) is 0.826. The summed E-state index contributed by atoms with van der Waals surface area (Å²) in [5.41, 5.74) is 7.79. The van der Waals surface area contributed by atoms with E-state index in [-0.39, 0.29) is 0 Å². The molecule has 1 aromatic heterocycles. The number of imidazole rings is 1. The van der Waals surface area contributed by atoms with Crippen molar-refractivity contribution in [2.45, 2.75) is 26.8 Å². The van der Waals surface area contributed by atoms with E-state index in [2.05, 4.69) is 18.8 Å². The first-order valence-electron chi connectivity index (χ1n) is 6.57. The highest BCUT2D eigenvalue weighted by Gasteiger charge is 2.08. The predicted octanol–water partition coefficient (Wildman–Crippen LogP) is 3.33. The topological polar surface area (TPSA) is 53.1 Å². The Morgan fingerprint density at radius 1 is 1.42 bits per heavy atom. The number of benzene rings is 1. The van der Waals surface area contributed by atoms with E-state index in [4.69, 9.17) is 22.1 Å². The first-order valence-corrected chi connectivity index (χ1v) is 6.94. The van der Waals surface area contributed by atoms with Crippen LogP contribution in [0.2, 0.25) is 5.02 Å². The molecule has 0 fully saturated rings. The highest BCUT2D eigenvalue weighted by molar-refractivity contribution is 6.31. The second-order valence-corrected chi connectivity index (χ2v) is 5.51. The standard InChI is InChI=1S/C14H20ClN3O/c1-10(2)9-19-7-3-6-18-13-8-11(15)4-5-12(13)17-14(18)16/h4-5,8,10H,3,6-7,9H2,1-2H3,(H2,16,17). The van der Waals surface area contributed by atoms with Gasteiger partial charge in [-0.05, 0) is 30.5 Å². The van der Waals surface area contributed by atoms with Gasteiger partial charge in [0.05, 0.1) is 11.0 Å². The summed E-state index contributed by atoms with van der Waals surface area (Å²) in [6, 6.07) is 5.61. The zero-order chi connectivity index (χ0) is 13.8. The number of hydrogen-bond acceptors (Lipinski definition) is 3. The molecule has 0 atom stereocenters. The molecular weight excluding hydrogens is 262 g/mol. The van der Waals surface area contributed by atoms with Crippen molar-refractivity contribution in [1.82, 2.24) is 9.55 Å². The van der Waals surface area contributed by atoms with Crippen molar-refractivity contribution < 1.29 is 4.74 Å². The molecule has 0 bridgehead atoms. The zero-order valence-electron chi connectivity index (χ0n) is 11.4. The Morgan fingerprint density at radius 3 is 2.95 bits per heavy atom. The van der Waals surface area contributed by atoms with E-state index in [1.807, 2.05) is 22.8 Å². The summed E-state index contributed by atoms with van der Waals surface area (Å²) in [7, 11) is 0. The van der Waals surface area contributed by atoms with E-state index >= 15 is 0 Å². The third kappa shape index (κ3) is 3.61. The van der Waals surface area contributed by atoms with Crippen LogP contribution in [-0.4, -0.2) is 22.8 Å². The number of fused-ring (bicyclic) bond motifs is 1. The molecule has 0 aliphatic heterocycles. The van der Waals surface area contributed by atoms with Crippen LogP contribution in [0.1, 0.15) is 20.3 Å². The number of aryl methyl sites for hydroxylation is 1. The van der Waals surface area contributed by atoms with Crippen molar-refractivity contribution in [1.29, 1.82) is 0 Å². The van der Waals surface area contributed by atoms with Gasteiger partial charge in [0, 0.05) is 24.8 Å². The summed E-state index contributed by atoms with van der Waals surface area (Å²) < 4.78 is 7.55. The monoisotopic (exact) mass is 281 g/mol. The van der Waals surface area contributed by atoms with E-state index in [0.29, 0.717) is 16.9 Å². The van der Waals surface area contributed by atoms with E-state index in [0.717, 1.165) is 37.2 Å². The molecule has 19 heavy (non-hydrogen) atoms. The molecule has 0 radical (unpaired) electrons. The Bertz CT molecular complexity index is 551. The maximum Gasteiger partial charge on any atom is 0.201 e. The minimum Gasteiger partial charge on any atom is -0.381 e. The Kier molecular flexibility index (Phi) is 4.66. The molecule has 2 rings (SSSR count). The Hall–Kier alpha value is -1.26. The fourth-order valence-electron chi connectivity index (χ4n) is 1.99. The van der Waals surface area contributed by atoms with Crippen molar-refractivity contribution in [2.75, 3.05) is 18.9 Å². The lowest BCUT2D eigenvalue weighted by Crippen LogP contribution is -2.08. The van der Waals surface area contributed by atoms with Gasteiger partial charge in [0.2, 0.25) is 5.95 Å². The van der Waals surface area contributed by atoms with Gasteiger partial charge < -0.3 is 15.0 Å². The second-order valence-electron chi connectivity index (χ2n) is 5.08. The Balaban J connectivity index is 2.00. The predicted molar refractivity (Wildman–Crippen MR) is 79.4 cm³/mol. The third-order valence-corrected chi connectivity index (χ3v) is 3.10. The maximum absolute atomic E-state index is 6.01. The SMILES string of the molecule is CC(C)COCCCn1c(N)nc2ccc(Cl)cc21. The van der Waals surface area contributed by atoms with Gasteiger partial charge in [-0.15, -0.1) is 0 Å². The summed E-state index contributed by atoms with van der Waals surface area (Å²) in [6.07, 6.45) is 0.912. The van der Waals surface area contributed by atoms with Crippen LogP contribution in [0.4, 0.5) is 5.95 Å². The lowest BCUT2D eigenvalue weighted by Gasteiger charge is -2.09. The maximum atomic E-state index is 6.01. The Morgan fingerprint density at radius 2 is 2.21 bits per heavy atom. The molecule has 0 aliphatic carbocycles. The van der Waals surface area contributed by atoms with Crippen molar-refractivity contribution in [2.24, 2.45) is 5.92 Å². The van der Waals surface area contributed by atoms with E-state index in [9.17, 15) is 0 Å². The van der Waals surface area contributed by atoms with Crippen LogP contribution in [0.5, 0.6) is 0 Å². The molecule has 0 unspecified atom stereocenters. The van der Waals surface area contributed by atoms with Gasteiger partial charge in [0.15, 0.2) is 0 Å². The van der Waals surface area contributed by atoms with Gasteiger partial charge in [-0.1, -0.05) is 25.4 Å². The number of rotatable bonds is 6. The van der Waals surface area contributed by atoms with Crippen molar-refractivity contribution >= 4 is 28.6 Å². The van der Waals surface area contributed by atoms with Gasteiger partial charge >= 0.3 is 0 Å². The molecule has 5 heteroatoms. The number of ether oxygens (including phenoxy) is 1. The minimum absolute atomic E-state index is 0.529. The summed E-state index contributed by atoms with van der Waals surface area (Å²) in [5.74, 6) is 1.10. The molecule has 0 amide bonds. The lowest BCUT2D eigenvalue weighted by atomic mass is 10.2. The van der Waals surface area contributed by atoms with Crippen LogP contribution in [0.15, 0.2) is 18.2 Å². The second kappa shape index (κ2) is 6.26. The average Bonchev–Trinajstić information content (AvgIpc) is 2.65. The first-order chi connectivity index (χ1) is 9.08. The minimum atomic E-state index is 0.529. The van der Waals surface area contributed by atoms with E-state index < -0.39 is 0 Å². The van der Waals surface area contributed by atoms with Gasteiger partial charge in [-0.2, -0.15) is 0 Å². The van der Waals surface area contributed by atoms with Crippen molar-refractivity contribution in [3.05, 3.63) is 23.2 Å². The van der Waals surface area contributed by atoms with Crippen LogP contribution in [-0.2, 0) is 11.3 Å². The van der Waals surface area contributed by atoms with E-state index in [1.54, 1.807) is 0 Å². The first kappa shape index (κ1) is 14.2. The molecule has 1 heterocycles. The number of nitrogen functional groups attached to an aromatic ring is 1. The Labute approximate surface area is 118 Å². The highest BCUT2D eigenvalue weighted by atomic mass is 35.5. The molecular formula is C14H20ClN3O. The molecule has 0 saturated carbocycles. The summed E-state index contributed by atoms with van der Waals surface area (Å²) in [6.45, 7) is 6.61. The molecule has 1 aromatic carbocycles. The molecule has 104 valence electrons. The zero-order valence-corrected chi connectivity index (χ0v) is 12.2. The largest absolute Gasteiger partial charge is 0.381 e. The smallest absolute Gasteiger partial charge is 0.201 e. The summed E-state index contributed by atoms with van der Waals surface area (Å²) in [4.78, 5) is 4.32. The fourth-order valence-corrected chi connectivity index (χ4v) is 2.16. The number of halogens is 1. The molecule has 2 N–H and O–H groups in total. The summed E-state index contributed by atoms with van der Waals surface area (Å²) >= 11 is 6.01. The van der Waals surface area contributed by atoms with Crippen molar-refractivity contribution in [3.63, 3.8) is 0 Å². The van der Waals surface area contributed by atoms with Gasteiger partial charge in [0.1, 0.15) is 0 Å². The lowest BCUT2D eigenvalue weighted by molar-refractivity contribution is 0.105. The van der Waals surface area contributed by atoms with E-state index in [1.165, 1.54) is 0 Å². The molecule has 0 saturated heterocycles. The highest BCUT2D eigenvalue weighted by Crippen LogP contribution is 2.22. The van der Waals surface area contributed by atoms with Crippen LogP contribution < -0.4 is 5.73 Å². The van der Waals surface area contributed by atoms with Gasteiger partial charge in [0.25, 0.3) is 0 Å². The number of nitrogens with zero attached hydrogens (tertiary/aromatic N) is 2. The van der Waals surface area contributed by atoms with Crippen LogP contribution in [0.25, 0.3) is 11.0 Å². The molecule has 2 aromatic rings. The van der Waals surface area contributed by atoms with Crippen LogP contribution in [0.3, 0.4) is 0 Å². The number of anilines is 1. The third-order valence-electron chi connectivity index (χ3n) is 2.86. The number of nitrogens with two attached hydrogens (primary N) is 1. The van der Waals surface area contributed by atoms with Crippen LogP contribution >= 0.6 is 11.6 Å². The average molecular weight is 282 g/mol. The molecule has 4 nitrogen and oxygen atoms in total. The normalized spacial score (nSPS) is 11.6. The van der Waals surface area contributed by atoms with Gasteiger partial charge in [-0.3, -0.25) is 0 Å². The summed E-state index contributed by atoms with van der Waals surface area (Å²) in [5, 5.41) is 0.699.